The number of hydrogen-bond donors (Lipinski definition) is 2. The molecule has 0 spiro atoms. The Hall–Kier alpha value is -1.10. The van der Waals surface area contributed by atoms with Gasteiger partial charge in [0.1, 0.15) is 6.54 Å². The molecule has 0 rings (SSSR count). The first kappa shape index (κ1) is 10.8. The van der Waals surface area contributed by atoms with Crippen LogP contribution in [0.15, 0.2) is 0 Å². The fraction of sp³-hybridized carbons (Fsp3) is 0.500. The average molecular weight is 135 g/mol. The van der Waals surface area contributed by atoms with Crippen LogP contribution in [-0.2, 0) is 9.59 Å². The second-order valence-electron chi connectivity index (χ2n) is 1.30. The van der Waals surface area contributed by atoms with E-state index in [0.29, 0.717) is 0 Å². The van der Waals surface area contributed by atoms with Gasteiger partial charge in [-0.2, -0.15) is 0 Å². The summed E-state index contributed by atoms with van der Waals surface area (Å²) in [6.45, 7) is 0.971. The van der Waals surface area contributed by atoms with Crippen molar-refractivity contribution in [1.82, 2.24) is 5.32 Å². The molecule has 0 atom stereocenters. The van der Waals surface area contributed by atoms with Crippen molar-refractivity contribution in [2.24, 2.45) is 0 Å². The minimum absolute atomic E-state index is 0. The van der Waals surface area contributed by atoms with Gasteiger partial charge < -0.3 is 15.9 Å². The topological polar surface area (TPSA) is 97.9 Å². The summed E-state index contributed by atoms with van der Waals surface area (Å²) in [4.78, 5) is 19.7. The number of amides is 1. The molecule has 5 nitrogen and oxygen atoms in total. The summed E-state index contributed by atoms with van der Waals surface area (Å²) >= 11 is 0. The van der Waals surface area contributed by atoms with Crippen LogP contribution in [0.25, 0.3) is 0 Å². The molecule has 0 aromatic heterocycles. The van der Waals surface area contributed by atoms with E-state index in [0.717, 1.165) is 0 Å². The van der Waals surface area contributed by atoms with Crippen LogP contribution in [-0.4, -0.2) is 29.0 Å². The van der Waals surface area contributed by atoms with Gasteiger partial charge in [-0.15, -0.1) is 0 Å². The SMILES string of the molecule is CC(=O)NCC(=O)O.O. The van der Waals surface area contributed by atoms with Gasteiger partial charge >= 0.3 is 5.97 Å². The highest BCUT2D eigenvalue weighted by molar-refractivity contribution is 5.79. The monoisotopic (exact) mass is 135 g/mol. The number of carboxylic acids is 1. The van der Waals surface area contributed by atoms with Crippen molar-refractivity contribution in [1.29, 1.82) is 0 Å². The highest BCUT2D eigenvalue weighted by Gasteiger charge is 1.94. The summed E-state index contributed by atoms with van der Waals surface area (Å²) in [6, 6.07) is 0. The van der Waals surface area contributed by atoms with Crippen molar-refractivity contribution in [3.63, 3.8) is 0 Å². The molecule has 54 valence electrons. The summed E-state index contributed by atoms with van der Waals surface area (Å²) in [7, 11) is 0. The van der Waals surface area contributed by atoms with Crippen LogP contribution >= 0.6 is 0 Å². The van der Waals surface area contributed by atoms with Gasteiger partial charge in [0, 0.05) is 6.92 Å². The smallest absolute Gasteiger partial charge is 0.322 e. The summed E-state index contributed by atoms with van der Waals surface area (Å²) in [5.41, 5.74) is 0. The van der Waals surface area contributed by atoms with E-state index in [1.54, 1.807) is 0 Å². The van der Waals surface area contributed by atoms with Crippen LogP contribution < -0.4 is 5.32 Å². The zero-order valence-corrected chi connectivity index (χ0v) is 4.97. The van der Waals surface area contributed by atoms with E-state index in [1.807, 2.05) is 0 Å². The third-order valence-corrected chi connectivity index (χ3v) is 0.489. The van der Waals surface area contributed by atoms with Crippen molar-refractivity contribution in [3.05, 3.63) is 0 Å². The normalized spacial score (nSPS) is 7.22. The first-order valence-corrected chi connectivity index (χ1v) is 2.09. The lowest BCUT2D eigenvalue weighted by atomic mass is 10.6. The molecule has 0 radical (unpaired) electrons. The molecule has 0 saturated heterocycles. The summed E-state index contributed by atoms with van der Waals surface area (Å²) in [5.74, 6) is -1.35. The zero-order chi connectivity index (χ0) is 6.57. The Balaban J connectivity index is 0. The van der Waals surface area contributed by atoms with Gasteiger partial charge in [-0.1, -0.05) is 0 Å². The molecule has 9 heavy (non-hydrogen) atoms. The standard InChI is InChI=1S/C4H7NO3.H2O/c1-3(6)5-2-4(7)8;/h2H2,1H3,(H,5,6)(H,7,8);1H2. The van der Waals surface area contributed by atoms with Gasteiger partial charge in [0.2, 0.25) is 5.91 Å². The molecule has 0 aromatic carbocycles. The minimum Gasteiger partial charge on any atom is -0.480 e. The first-order valence-electron chi connectivity index (χ1n) is 2.09. The molecule has 0 unspecified atom stereocenters. The summed E-state index contributed by atoms with van der Waals surface area (Å²) in [5, 5.41) is 10.1. The average Bonchev–Trinajstić information content (AvgIpc) is 1.61. The van der Waals surface area contributed by atoms with E-state index in [2.05, 4.69) is 5.32 Å². The number of aliphatic carboxylic acids is 1. The van der Waals surface area contributed by atoms with Gasteiger partial charge in [-0.25, -0.2) is 0 Å². The Bertz CT molecular complexity index is 97.1. The predicted octanol–water partition coefficient (Wildman–Crippen LogP) is -1.62. The van der Waals surface area contributed by atoms with Crippen molar-refractivity contribution < 1.29 is 20.2 Å². The quantitative estimate of drug-likeness (QED) is 0.476. The second-order valence-corrected chi connectivity index (χ2v) is 1.30. The van der Waals surface area contributed by atoms with E-state index in [1.165, 1.54) is 6.92 Å². The van der Waals surface area contributed by atoms with Gasteiger partial charge in [0.25, 0.3) is 0 Å². The highest BCUT2D eigenvalue weighted by Crippen LogP contribution is 1.60. The van der Waals surface area contributed by atoms with Crippen LogP contribution in [0, 0.1) is 0 Å². The molecular formula is C4H9NO4. The Labute approximate surface area is 52.0 Å². The van der Waals surface area contributed by atoms with Crippen molar-refractivity contribution in [2.45, 2.75) is 6.92 Å². The van der Waals surface area contributed by atoms with Crippen LogP contribution in [0.3, 0.4) is 0 Å². The zero-order valence-electron chi connectivity index (χ0n) is 4.97. The number of carbonyl (C=O) groups excluding carboxylic acids is 1. The molecule has 0 aliphatic carbocycles. The molecule has 1 amide bonds. The molecule has 0 saturated carbocycles. The molecule has 0 aliphatic rings. The predicted molar refractivity (Wildman–Crippen MR) is 29.9 cm³/mol. The molecule has 0 aliphatic heterocycles. The van der Waals surface area contributed by atoms with Crippen molar-refractivity contribution >= 4 is 11.9 Å². The Kier molecular flexibility index (Phi) is 6.06. The minimum atomic E-state index is -1.03. The number of hydrogen-bond acceptors (Lipinski definition) is 2. The maximum absolute atomic E-state index is 9.97. The summed E-state index contributed by atoms with van der Waals surface area (Å²) in [6.07, 6.45) is 0. The number of carboxylic acid groups (broad SMARTS) is 1. The first-order chi connectivity index (χ1) is 3.63. The highest BCUT2D eigenvalue weighted by atomic mass is 16.4. The second kappa shape index (κ2) is 5.04. The fourth-order valence-electron chi connectivity index (χ4n) is 0.200. The van der Waals surface area contributed by atoms with E-state index >= 15 is 0 Å². The number of carbonyl (C=O) groups is 2. The van der Waals surface area contributed by atoms with Crippen molar-refractivity contribution in [3.8, 4) is 0 Å². The van der Waals surface area contributed by atoms with E-state index in [4.69, 9.17) is 5.11 Å². The molecule has 4 N–H and O–H groups in total. The third-order valence-electron chi connectivity index (χ3n) is 0.489. The lowest BCUT2D eigenvalue weighted by Gasteiger charge is -1.92. The molecule has 0 heterocycles. The van der Waals surface area contributed by atoms with Gasteiger partial charge in [-0.05, 0) is 0 Å². The van der Waals surface area contributed by atoms with Crippen LogP contribution in [0.2, 0.25) is 0 Å². The Morgan fingerprint density at radius 1 is 1.56 bits per heavy atom. The van der Waals surface area contributed by atoms with Crippen molar-refractivity contribution in [2.75, 3.05) is 6.54 Å². The lowest BCUT2D eigenvalue weighted by molar-refractivity contribution is -0.137. The number of nitrogens with one attached hydrogen (secondary N) is 1. The molecule has 0 bridgehead atoms. The third kappa shape index (κ3) is 10.9. The van der Waals surface area contributed by atoms with Gasteiger partial charge in [-0.3, -0.25) is 9.59 Å². The van der Waals surface area contributed by atoms with Gasteiger partial charge in [0.15, 0.2) is 0 Å². The maximum atomic E-state index is 9.97. The van der Waals surface area contributed by atoms with Crippen LogP contribution in [0.4, 0.5) is 0 Å². The van der Waals surface area contributed by atoms with E-state index in [9.17, 15) is 9.59 Å². The molecule has 0 aromatic rings. The van der Waals surface area contributed by atoms with Gasteiger partial charge in [0.05, 0.1) is 0 Å². The fourth-order valence-corrected chi connectivity index (χ4v) is 0.200. The van der Waals surface area contributed by atoms with Crippen LogP contribution in [0.5, 0.6) is 0 Å². The molecular weight excluding hydrogens is 126 g/mol. The summed E-state index contributed by atoms with van der Waals surface area (Å²) < 4.78 is 0. The Morgan fingerprint density at radius 2 is 2.00 bits per heavy atom. The molecule has 0 fully saturated rings. The van der Waals surface area contributed by atoms with E-state index < -0.39 is 5.97 Å². The van der Waals surface area contributed by atoms with Crippen LogP contribution in [0.1, 0.15) is 6.92 Å². The lowest BCUT2D eigenvalue weighted by Crippen LogP contribution is -2.26. The Morgan fingerprint density at radius 3 is 2.11 bits per heavy atom. The van der Waals surface area contributed by atoms with E-state index in [-0.39, 0.29) is 17.9 Å². The number of rotatable bonds is 2. The largest absolute Gasteiger partial charge is 0.480 e. The molecule has 5 heteroatoms. The maximum Gasteiger partial charge on any atom is 0.322 e.